The van der Waals surface area contributed by atoms with Crippen LogP contribution in [0.1, 0.15) is 54.4 Å². The molecule has 0 bridgehead atoms. The van der Waals surface area contributed by atoms with Crippen molar-refractivity contribution in [2.45, 2.75) is 54.4 Å². The van der Waals surface area contributed by atoms with Crippen molar-refractivity contribution in [2.75, 3.05) is 0 Å². The second-order valence-electron chi connectivity index (χ2n) is 8.45. The van der Waals surface area contributed by atoms with Crippen molar-refractivity contribution in [2.24, 2.45) is 35.5 Å². The molecular weight excluding hydrogens is 450 g/mol. The molecule has 0 aromatic heterocycles. The van der Waals surface area contributed by atoms with E-state index in [0.29, 0.717) is 0 Å². The minimum absolute atomic E-state index is 0. The van der Waals surface area contributed by atoms with Crippen molar-refractivity contribution in [3.63, 3.8) is 0 Å². The molecule has 27 heavy (non-hydrogen) atoms. The van der Waals surface area contributed by atoms with E-state index in [-0.39, 0.29) is 51.0 Å². The normalized spacial score (nSPS) is 35.3. The van der Waals surface area contributed by atoms with Crippen molar-refractivity contribution in [1.82, 2.24) is 0 Å². The average molecular weight is 485 g/mol. The molecule has 0 heterocycles. The van der Waals surface area contributed by atoms with Gasteiger partial charge >= 0.3 is 26.2 Å². The predicted molar refractivity (Wildman–Crippen MR) is 105 cm³/mol. The van der Waals surface area contributed by atoms with Crippen LogP contribution in [0.5, 0.6) is 0 Å². The van der Waals surface area contributed by atoms with Crippen molar-refractivity contribution < 1.29 is 51.0 Å². The van der Waals surface area contributed by atoms with Crippen LogP contribution in [-0.2, 0) is 26.2 Å². The van der Waals surface area contributed by atoms with Gasteiger partial charge < -0.3 is 24.8 Å². The monoisotopic (exact) mass is 482 g/mol. The summed E-state index contributed by atoms with van der Waals surface area (Å²) in [5, 5.41) is 0. The molecule has 0 aromatic rings. The van der Waals surface area contributed by atoms with Crippen molar-refractivity contribution in [3.05, 3.63) is 59.4 Å². The van der Waals surface area contributed by atoms with Crippen LogP contribution in [0.3, 0.4) is 0 Å². The molecule has 2 saturated carbocycles. The van der Waals surface area contributed by atoms with Crippen LogP contribution in [0.2, 0.25) is 0 Å². The summed E-state index contributed by atoms with van der Waals surface area (Å²) in [5.41, 5.74) is 3.25. The zero-order valence-electron chi connectivity index (χ0n) is 17.6. The summed E-state index contributed by atoms with van der Waals surface area (Å²) in [7, 11) is 0. The first-order valence-electron chi connectivity index (χ1n) is 9.84. The Balaban J connectivity index is 0.000000451. The van der Waals surface area contributed by atoms with Gasteiger partial charge in [0.2, 0.25) is 0 Å². The molecule has 4 aliphatic rings. The largest absolute Gasteiger partial charge is 4.00 e. The van der Waals surface area contributed by atoms with Gasteiger partial charge in [-0.25, -0.2) is 35.1 Å². The minimum Gasteiger partial charge on any atom is -1.00 e. The van der Waals surface area contributed by atoms with Gasteiger partial charge in [-0.2, -0.15) is 0 Å². The molecular formula is C24H34Cl2Zr. The van der Waals surface area contributed by atoms with Gasteiger partial charge in [0, 0.05) is 0 Å². The Morgan fingerprint density at radius 1 is 0.704 bits per heavy atom. The molecule has 0 N–H and O–H groups in total. The second-order valence-corrected chi connectivity index (χ2v) is 8.45. The van der Waals surface area contributed by atoms with Gasteiger partial charge in [-0.15, -0.1) is 38.2 Å². The molecule has 6 unspecified atom stereocenters. The Labute approximate surface area is 199 Å². The van der Waals surface area contributed by atoms with Crippen LogP contribution in [0.25, 0.3) is 0 Å². The van der Waals surface area contributed by atoms with Gasteiger partial charge in [0.25, 0.3) is 0 Å². The molecule has 2 fully saturated rings. The van der Waals surface area contributed by atoms with Crippen LogP contribution >= 0.6 is 0 Å². The molecule has 0 aromatic carbocycles. The summed E-state index contributed by atoms with van der Waals surface area (Å²) in [4.78, 5) is 0. The number of rotatable bonds is 0. The van der Waals surface area contributed by atoms with Crippen LogP contribution in [-0.4, -0.2) is 0 Å². The second kappa shape index (κ2) is 11.4. The molecule has 0 aliphatic heterocycles. The van der Waals surface area contributed by atoms with Gasteiger partial charge in [-0.05, 0) is 36.5 Å². The zero-order valence-corrected chi connectivity index (χ0v) is 21.6. The molecule has 0 amide bonds. The molecule has 0 saturated heterocycles. The summed E-state index contributed by atoms with van der Waals surface area (Å²) in [6.07, 6.45) is 16.2. The Kier molecular flexibility index (Phi) is 11.4. The van der Waals surface area contributed by atoms with Crippen LogP contribution in [0.15, 0.2) is 47.6 Å². The summed E-state index contributed by atoms with van der Waals surface area (Å²) < 4.78 is 0. The number of hydrogen-bond acceptors (Lipinski definition) is 0. The average Bonchev–Trinajstić information content (AvgIpc) is 2.98. The van der Waals surface area contributed by atoms with Crippen LogP contribution in [0, 0.1) is 47.3 Å². The van der Waals surface area contributed by atoms with E-state index in [9.17, 15) is 0 Å². The zero-order chi connectivity index (χ0) is 17.4. The minimum atomic E-state index is 0. The Bertz CT molecular complexity index is 537. The molecule has 0 radical (unpaired) electrons. The Hall–Kier alpha value is 0.163. The molecule has 6 atom stereocenters. The fraction of sp³-hybridized carbons (Fsp3) is 0.583. The van der Waals surface area contributed by atoms with E-state index in [1.54, 1.807) is 23.0 Å². The molecule has 4 aliphatic carbocycles. The van der Waals surface area contributed by atoms with Crippen molar-refractivity contribution >= 4 is 0 Å². The molecule has 148 valence electrons. The van der Waals surface area contributed by atoms with E-state index < -0.39 is 0 Å². The standard InChI is InChI=1S/2C12H17.2ClH.Zr/c2*1-8-9(2)11-6-4-5-7-12(11)10(8)3;;;/h2*4-6,8,10,12H,7H2,1-3H3;2*1H;/q2*-1;;;+4/p-2. The topological polar surface area (TPSA) is 0 Å². The van der Waals surface area contributed by atoms with E-state index in [1.807, 2.05) is 0 Å². The van der Waals surface area contributed by atoms with E-state index in [1.165, 1.54) is 12.8 Å². The summed E-state index contributed by atoms with van der Waals surface area (Å²) >= 11 is 0. The summed E-state index contributed by atoms with van der Waals surface area (Å²) in [6.45, 7) is 14.1. The fourth-order valence-corrected chi connectivity index (χ4v) is 5.15. The molecule has 0 nitrogen and oxygen atoms in total. The van der Waals surface area contributed by atoms with Crippen molar-refractivity contribution in [1.29, 1.82) is 0 Å². The van der Waals surface area contributed by atoms with Gasteiger partial charge in [0.15, 0.2) is 0 Å². The van der Waals surface area contributed by atoms with Crippen LogP contribution < -0.4 is 24.8 Å². The first-order chi connectivity index (χ1) is 11.4. The van der Waals surface area contributed by atoms with E-state index in [4.69, 9.17) is 0 Å². The molecule has 4 rings (SSSR count). The Morgan fingerprint density at radius 2 is 1.04 bits per heavy atom. The summed E-state index contributed by atoms with van der Waals surface area (Å²) in [5.74, 6) is 8.17. The van der Waals surface area contributed by atoms with E-state index >= 15 is 0 Å². The van der Waals surface area contributed by atoms with Crippen LogP contribution in [0.4, 0.5) is 0 Å². The smallest absolute Gasteiger partial charge is 1.00 e. The summed E-state index contributed by atoms with van der Waals surface area (Å²) in [6, 6.07) is 0. The number of hydrogen-bond donors (Lipinski definition) is 0. The van der Waals surface area contributed by atoms with Crippen molar-refractivity contribution in [3.8, 4) is 0 Å². The Morgan fingerprint density at radius 3 is 1.33 bits per heavy atom. The maximum atomic E-state index is 2.39. The third-order valence-corrected chi connectivity index (χ3v) is 7.53. The molecule has 0 spiro atoms. The van der Waals surface area contributed by atoms with E-state index in [2.05, 4.69) is 78.0 Å². The van der Waals surface area contributed by atoms with Gasteiger partial charge in [0.05, 0.1) is 0 Å². The van der Waals surface area contributed by atoms with Gasteiger partial charge in [-0.3, -0.25) is 0 Å². The van der Waals surface area contributed by atoms with Gasteiger partial charge in [0.1, 0.15) is 0 Å². The molecule has 3 heteroatoms. The maximum absolute atomic E-state index is 2.39. The quantitative estimate of drug-likeness (QED) is 0.445. The number of allylic oxidation sites excluding steroid dienone is 8. The SMILES string of the molecule is C[C-]1C2=CC=CCC2C(C)C1C.C[C-]1C2=CC=CCC2C(C)C1C.[Cl-].[Cl-].[Zr+4]. The first kappa shape index (κ1) is 27.2. The van der Waals surface area contributed by atoms with E-state index in [0.717, 1.165) is 35.5 Å². The predicted octanol–water partition coefficient (Wildman–Crippen LogP) is 0.744. The third-order valence-electron chi connectivity index (χ3n) is 7.53. The van der Waals surface area contributed by atoms with Gasteiger partial charge in [-0.1, -0.05) is 39.5 Å². The first-order valence-corrected chi connectivity index (χ1v) is 9.84. The third kappa shape index (κ3) is 5.21. The number of halogens is 2. The number of fused-ring (bicyclic) bond motifs is 2. The fourth-order valence-electron chi connectivity index (χ4n) is 5.15. The maximum Gasteiger partial charge on any atom is 4.00 e.